The van der Waals surface area contributed by atoms with Crippen LogP contribution in [-0.2, 0) is 19.1 Å². The summed E-state index contributed by atoms with van der Waals surface area (Å²) < 4.78 is 43.6. The van der Waals surface area contributed by atoms with Crippen LogP contribution in [0, 0.1) is 0 Å². The maximum Gasteiger partial charge on any atom is 0.416 e. The Kier molecular flexibility index (Phi) is 11.7. The lowest BCUT2D eigenvalue weighted by atomic mass is 10.1. The number of likely N-dealkylation sites (N-methyl/N-ethyl adjacent to an activating group) is 1. The molecule has 2 N–H and O–H groups in total. The van der Waals surface area contributed by atoms with Crippen LogP contribution in [0.1, 0.15) is 16.7 Å². The number of hydrogen-bond donors (Lipinski definition) is 2. The molecule has 0 aliphatic heterocycles. The van der Waals surface area contributed by atoms with Crippen LogP contribution in [0.15, 0.2) is 53.5 Å². The summed E-state index contributed by atoms with van der Waals surface area (Å²) in [5.41, 5.74) is 1.25. The summed E-state index contributed by atoms with van der Waals surface area (Å²) in [6.45, 7) is 2.60. The highest BCUT2D eigenvalue weighted by molar-refractivity contribution is 14.0. The Morgan fingerprint density at radius 2 is 1.74 bits per heavy atom. The lowest BCUT2D eigenvalue weighted by Crippen LogP contribution is -2.37. The third-order valence-electron chi connectivity index (χ3n) is 4.38. The number of benzene rings is 2. The fourth-order valence-electron chi connectivity index (χ4n) is 2.68. The van der Waals surface area contributed by atoms with E-state index < -0.39 is 11.7 Å². The summed E-state index contributed by atoms with van der Waals surface area (Å²) in [4.78, 5) is 6.24. The van der Waals surface area contributed by atoms with Gasteiger partial charge in [0.25, 0.3) is 0 Å². The van der Waals surface area contributed by atoms with Crippen LogP contribution in [0.2, 0.25) is 0 Å². The molecule has 0 fully saturated rings. The van der Waals surface area contributed by atoms with Gasteiger partial charge in [-0.25, -0.2) is 0 Å². The summed E-state index contributed by atoms with van der Waals surface area (Å²) in [5.74, 6) is 1.45. The number of guanidine groups is 1. The predicted molar refractivity (Wildman–Crippen MR) is 129 cm³/mol. The van der Waals surface area contributed by atoms with Gasteiger partial charge in [0.1, 0.15) is 12.4 Å². The molecule has 31 heavy (non-hydrogen) atoms. The molecule has 0 aromatic heterocycles. The summed E-state index contributed by atoms with van der Waals surface area (Å²) in [6.07, 6.45) is -3.72. The fraction of sp³-hybridized carbons (Fsp3) is 0.409. The summed E-state index contributed by atoms with van der Waals surface area (Å²) in [5, 5.41) is 6.40. The van der Waals surface area contributed by atoms with E-state index in [4.69, 9.17) is 4.74 Å². The van der Waals surface area contributed by atoms with Gasteiger partial charge in [-0.3, -0.25) is 4.99 Å². The van der Waals surface area contributed by atoms with Crippen molar-refractivity contribution in [2.75, 3.05) is 40.8 Å². The van der Waals surface area contributed by atoms with E-state index in [1.54, 1.807) is 7.05 Å². The monoisotopic (exact) mass is 550 g/mol. The molecule has 0 aliphatic carbocycles. The summed E-state index contributed by atoms with van der Waals surface area (Å²) >= 11 is 0. The van der Waals surface area contributed by atoms with Gasteiger partial charge in [-0.2, -0.15) is 13.2 Å². The molecule has 0 aliphatic rings. The largest absolute Gasteiger partial charge is 0.492 e. The molecule has 0 bridgehead atoms. The third kappa shape index (κ3) is 10.2. The quantitative estimate of drug-likeness (QED) is 0.280. The number of halogens is 4. The molecule has 9 heteroatoms. The van der Waals surface area contributed by atoms with Crippen molar-refractivity contribution >= 4 is 29.9 Å². The molecule has 0 saturated carbocycles. The Hall–Kier alpha value is -2.01. The van der Waals surface area contributed by atoms with E-state index in [9.17, 15) is 13.2 Å². The molecular weight excluding hydrogens is 520 g/mol. The number of ether oxygens (including phenoxy) is 1. The number of hydrogen-bond acceptors (Lipinski definition) is 3. The van der Waals surface area contributed by atoms with Crippen LogP contribution in [0.25, 0.3) is 0 Å². The standard InChI is InChI=1S/C22H29F3N4O.HI/c1-26-21(27-12-11-17-7-9-19(10-8-17)22(23,24)25)28-16-18-5-4-6-20(15-18)30-14-13-29(2)3;/h4-10,15H,11-14,16H2,1-3H3,(H2,26,27,28);1H. The highest BCUT2D eigenvalue weighted by atomic mass is 127. The van der Waals surface area contributed by atoms with Crippen molar-refractivity contribution in [3.05, 3.63) is 65.2 Å². The first-order chi connectivity index (χ1) is 14.3. The summed E-state index contributed by atoms with van der Waals surface area (Å²) in [7, 11) is 5.67. The number of aliphatic imine (C=N–C) groups is 1. The zero-order valence-corrected chi connectivity index (χ0v) is 20.3. The Morgan fingerprint density at radius 1 is 1.03 bits per heavy atom. The molecule has 0 heterocycles. The maximum atomic E-state index is 12.6. The normalized spacial score (nSPS) is 11.8. The number of nitrogens with one attached hydrogen (secondary N) is 2. The first-order valence-corrected chi connectivity index (χ1v) is 9.75. The Balaban J connectivity index is 0.00000480. The van der Waals surface area contributed by atoms with Crippen LogP contribution in [0.4, 0.5) is 13.2 Å². The average molecular weight is 550 g/mol. The van der Waals surface area contributed by atoms with Crippen LogP contribution in [0.5, 0.6) is 5.75 Å². The zero-order valence-electron chi connectivity index (χ0n) is 18.0. The van der Waals surface area contributed by atoms with Crippen molar-refractivity contribution in [1.29, 1.82) is 0 Å². The van der Waals surface area contributed by atoms with Gasteiger partial charge < -0.3 is 20.3 Å². The van der Waals surface area contributed by atoms with Crippen LogP contribution in [0.3, 0.4) is 0 Å². The lowest BCUT2D eigenvalue weighted by Gasteiger charge is -2.14. The molecule has 2 aromatic rings. The molecule has 0 saturated heterocycles. The second-order valence-corrected chi connectivity index (χ2v) is 7.10. The van der Waals surface area contributed by atoms with Crippen LogP contribution >= 0.6 is 24.0 Å². The van der Waals surface area contributed by atoms with E-state index in [-0.39, 0.29) is 24.0 Å². The topological polar surface area (TPSA) is 48.9 Å². The van der Waals surface area contributed by atoms with Gasteiger partial charge in [0.15, 0.2) is 5.96 Å². The van der Waals surface area contributed by atoms with Crippen molar-refractivity contribution in [3.63, 3.8) is 0 Å². The minimum Gasteiger partial charge on any atom is -0.492 e. The molecule has 0 spiro atoms. The van der Waals surface area contributed by atoms with Gasteiger partial charge in [0, 0.05) is 26.7 Å². The second kappa shape index (κ2) is 13.4. The van der Waals surface area contributed by atoms with Gasteiger partial charge in [0.2, 0.25) is 0 Å². The third-order valence-corrected chi connectivity index (χ3v) is 4.38. The van der Waals surface area contributed by atoms with Crippen molar-refractivity contribution in [2.45, 2.75) is 19.1 Å². The minimum absolute atomic E-state index is 0. The summed E-state index contributed by atoms with van der Waals surface area (Å²) in [6, 6.07) is 13.1. The number of alkyl halides is 3. The lowest BCUT2D eigenvalue weighted by molar-refractivity contribution is -0.137. The van der Waals surface area contributed by atoms with Gasteiger partial charge in [-0.05, 0) is 55.9 Å². The van der Waals surface area contributed by atoms with E-state index in [2.05, 4.69) is 20.5 Å². The first kappa shape index (κ1) is 27.0. The van der Waals surface area contributed by atoms with Crippen molar-refractivity contribution in [3.8, 4) is 5.75 Å². The highest BCUT2D eigenvalue weighted by Crippen LogP contribution is 2.29. The maximum absolute atomic E-state index is 12.6. The molecule has 0 amide bonds. The van der Waals surface area contributed by atoms with Crippen LogP contribution < -0.4 is 15.4 Å². The molecule has 172 valence electrons. The SMILES string of the molecule is CN=C(NCCc1ccc(C(F)(F)F)cc1)NCc1cccc(OCCN(C)C)c1.I. The van der Waals surface area contributed by atoms with Gasteiger partial charge in [-0.1, -0.05) is 24.3 Å². The first-order valence-electron chi connectivity index (χ1n) is 9.75. The zero-order chi connectivity index (χ0) is 22.0. The molecule has 0 unspecified atom stereocenters. The van der Waals surface area contributed by atoms with Gasteiger partial charge in [-0.15, -0.1) is 24.0 Å². The van der Waals surface area contributed by atoms with Crippen molar-refractivity contribution in [2.24, 2.45) is 4.99 Å². The van der Waals surface area contributed by atoms with Crippen molar-refractivity contribution < 1.29 is 17.9 Å². The van der Waals surface area contributed by atoms with E-state index >= 15 is 0 Å². The van der Waals surface area contributed by atoms with E-state index in [0.717, 1.165) is 35.6 Å². The Labute approximate surface area is 199 Å². The Bertz CT molecular complexity index is 811. The van der Waals surface area contributed by atoms with E-state index in [1.807, 2.05) is 38.4 Å². The minimum atomic E-state index is -4.31. The van der Waals surface area contributed by atoms with Gasteiger partial charge in [0.05, 0.1) is 5.56 Å². The van der Waals surface area contributed by atoms with Crippen molar-refractivity contribution in [1.82, 2.24) is 15.5 Å². The molecule has 0 radical (unpaired) electrons. The van der Waals surface area contributed by atoms with E-state index in [0.29, 0.717) is 32.1 Å². The number of rotatable bonds is 9. The fourth-order valence-corrected chi connectivity index (χ4v) is 2.68. The molecular formula is C22H30F3IN4O. The molecule has 0 atom stereocenters. The molecule has 2 aromatic carbocycles. The Morgan fingerprint density at radius 3 is 2.35 bits per heavy atom. The molecule has 2 rings (SSSR count). The smallest absolute Gasteiger partial charge is 0.416 e. The predicted octanol–water partition coefficient (Wildman–Crippen LogP) is 4.17. The molecule has 5 nitrogen and oxygen atoms in total. The van der Waals surface area contributed by atoms with E-state index in [1.165, 1.54) is 12.1 Å². The average Bonchev–Trinajstić information content (AvgIpc) is 2.70. The second-order valence-electron chi connectivity index (χ2n) is 7.10. The highest BCUT2D eigenvalue weighted by Gasteiger charge is 2.29. The van der Waals surface area contributed by atoms with Gasteiger partial charge >= 0.3 is 6.18 Å². The van der Waals surface area contributed by atoms with Crippen LogP contribution in [-0.4, -0.2) is 51.7 Å². The number of nitrogens with zero attached hydrogens (tertiary/aromatic N) is 2.